The highest BCUT2D eigenvalue weighted by atomic mass is 16.2. The Morgan fingerprint density at radius 3 is 1.35 bits per heavy atom. The number of anilines is 2. The maximum absolute atomic E-state index is 11.4. The number of hydrogen-bond acceptors (Lipinski definition) is 2. The molecule has 6 heteroatoms. The molecule has 0 aliphatic carbocycles. The van der Waals surface area contributed by atoms with E-state index in [1.54, 1.807) is 48.5 Å². The van der Waals surface area contributed by atoms with E-state index >= 15 is 0 Å². The molecule has 0 atom stereocenters. The van der Waals surface area contributed by atoms with Crippen molar-refractivity contribution in [3.8, 4) is 0 Å². The number of amides is 4. The van der Waals surface area contributed by atoms with Crippen LogP contribution in [-0.2, 0) is 0 Å². The van der Waals surface area contributed by atoms with Gasteiger partial charge in [-0.15, -0.1) is 0 Å². The largest absolute Gasteiger partial charge is 0.364 e. The molecule has 0 fully saturated rings. The number of nitrogens with one attached hydrogen (secondary N) is 2. The Kier molecular flexibility index (Phi) is 4.55. The first-order valence-corrected chi connectivity index (χ1v) is 5.88. The molecule has 0 saturated heterocycles. The highest BCUT2D eigenvalue weighted by Gasteiger charge is 2.02. The number of para-hydroxylation sites is 2. The molecule has 2 aromatic carbocycles. The van der Waals surface area contributed by atoms with Gasteiger partial charge in [0.1, 0.15) is 0 Å². The molecule has 0 heterocycles. The zero-order valence-corrected chi connectivity index (χ0v) is 10.5. The molecule has 2 aromatic rings. The van der Waals surface area contributed by atoms with Crippen molar-refractivity contribution in [2.75, 3.05) is 10.6 Å². The van der Waals surface area contributed by atoms with Gasteiger partial charge in [0.2, 0.25) is 0 Å². The molecule has 2 N–H and O–H groups in total. The average molecular weight is 268 g/mol. The van der Waals surface area contributed by atoms with E-state index in [-0.39, 0.29) is 0 Å². The van der Waals surface area contributed by atoms with Gasteiger partial charge in [-0.1, -0.05) is 46.6 Å². The van der Waals surface area contributed by atoms with E-state index in [2.05, 4.69) is 20.9 Å². The van der Waals surface area contributed by atoms with Crippen LogP contribution >= 0.6 is 0 Å². The molecule has 100 valence electrons. The maximum atomic E-state index is 11.4. The Morgan fingerprint density at radius 1 is 0.650 bits per heavy atom. The Bertz CT molecular complexity index is 556. The molecule has 20 heavy (non-hydrogen) atoms. The summed E-state index contributed by atoms with van der Waals surface area (Å²) in [5.41, 5.74) is 1.17. The van der Waals surface area contributed by atoms with Crippen molar-refractivity contribution in [2.24, 2.45) is 10.2 Å². The summed E-state index contributed by atoms with van der Waals surface area (Å²) in [5.74, 6) is 0. The number of benzene rings is 2. The second-order valence-corrected chi connectivity index (χ2v) is 3.79. The van der Waals surface area contributed by atoms with E-state index in [9.17, 15) is 9.59 Å². The van der Waals surface area contributed by atoms with Crippen molar-refractivity contribution < 1.29 is 9.59 Å². The van der Waals surface area contributed by atoms with Gasteiger partial charge < -0.3 is 10.6 Å². The Hall–Kier alpha value is -3.02. The molecule has 0 aliphatic heterocycles. The second kappa shape index (κ2) is 6.79. The molecule has 2 rings (SSSR count). The van der Waals surface area contributed by atoms with Crippen LogP contribution in [0.15, 0.2) is 70.9 Å². The van der Waals surface area contributed by atoms with E-state index < -0.39 is 12.1 Å². The number of nitrogens with zero attached hydrogens (tertiary/aromatic N) is 2. The highest BCUT2D eigenvalue weighted by Crippen LogP contribution is 2.07. The minimum atomic E-state index is -0.709. The van der Waals surface area contributed by atoms with Crippen LogP contribution in [0.2, 0.25) is 0 Å². The summed E-state index contributed by atoms with van der Waals surface area (Å²) in [6.45, 7) is 0. The van der Waals surface area contributed by atoms with E-state index in [4.69, 9.17) is 0 Å². The summed E-state index contributed by atoms with van der Waals surface area (Å²) >= 11 is 0. The molecule has 0 radical (unpaired) electrons. The van der Waals surface area contributed by atoms with Crippen molar-refractivity contribution in [2.45, 2.75) is 0 Å². The Balaban J connectivity index is 1.86. The molecule has 0 spiro atoms. The van der Waals surface area contributed by atoms with Crippen molar-refractivity contribution >= 4 is 23.4 Å². The topological polar surface area (TPSA) is 82.9 Å². The van der Waals surface area contributed by atoms with Gasteiger partial charge >= 0.3 is 12.1 Å². The molecular weight excluding hydrogens is 256 g/mol. The lowest BCUT2D eigenvalue weighted by molar-refractivity contribution is 0.252. The third-order valence-electron chi connectivity index (χ3n) is 2.28. The normalized spacial score (nSPS) is 10.2. The van der Waals surface area contributed by atoms with Gasteiger partial charge in [0, 0.05) is 11.4 Å². The summed E-state index contributed by atoms with van der Waals surface area (Å²) in [6, 6.07) is 16.1. The first kappa shape index (κ1) is 13.4. The number of azo groups is 1. The minimum Gasteiger partial charge on any atom is -0.305 e. The molecule has 6 nitrogen and oxygen atoms in total. The third kappa shape index (κ3) is 4.34. The quantitative estimate of drug-likeness (QED) is 0.809. The van der Waals surface area contributed by atoms with Crippen LogP contribution in [0.4, 0.5) is 21.0 Å². The summed E-state index contributed by atoms with van der Waals surface area (Å²) in [4.78, 5) is 22.8. The minimum absolute atomic E-state index is 0.583. The fraction of sp³-hybridized carbons (Fsp3) is 0. The lowest BCUT2D eigenvalue weighted by Gasteiger charge is -2.00. The standard InChI is InChI=1S/C14H12N4O2/c19-13(15-11-7-3-1-4-8-11)17-18-14(20)16-12-9-5-2-6-10-12/h1-10H,(H,15,19)(H,16,20). The van der Waals surface area contributed by atoms with Crippen molar-refractivity contribution in [3.05, 3.63) is 60.7 Å². The summed E-state index contributed by atoms with van der Waals surface area (Å²) in [7, 11) is 0. The van der Waals surface area contributed by atoms with Crippen LogP contribution in [0.25, 0.3) is 0 Å². The van der Waals surface area contributed by atoms with Gasteiger partial charge in [-0.3, -0.25) is 0 Å². The summed E-state index contributed by atoms with van der Waals surface area (Å²) in [5, 5.41) is 11.5. The van der Waals surface area contributed by atoms with Gasteiger partial charge in [-0.05, 0) is 24.3 Å². The van der Waals surface area contributed by atoms with E-state index in [0.717, 1.165) is 0 Å². The predicted octanol–water partition coefficient (Wildman–Crippen LogP) is 3.90. The van der Waals surface area contributed by atoms with Crippen molar-refractivity contribution in [1.82, 2.24) is 0 Å². The Morgan fingerprint density at radius 2 is 1.00 bits per heavy atom. The SMILES string of the molecule is O=C(N=NC(=O)Nc1ccccc1)Nc1ccccc1. The zero-order chi connectivity index (χ0) is 14.2. The number of carbonyl (C=O) groups excluding carboxylic acids is 2. The van der Waals surface area contributed by atoms with E-state index in [1.807, 2.05) is 12.1 Å². The zero-order valence-electron chi connectivity index (χ0n) is 10.5. The number of carbonyl (C=O) groups is 2. The molecule has 0 unspecified atom stereocenters. The number of rotatable bonds is 2. The molecule has 0 aromatic heterocycles. The summed E-state index contributed by atoms with van der Waals surface area (Å²) in [6.07, 6.45) is 0. The van der Waals surface area contributed by atoms with Gasteiger partial charge in [0.05, 0.1) is 0 Å². The van der Waals surface area contributed by atoms with Crippen LogP contribution in [-0.4, -0.2) is 12.1 Å². The van der Waals surface area contributed by atoms with Crippen molar-refractivity contribution in [1.29, 1.82) is 0 Å². The van der Waals surface area contributed by atoms with Crippen LogP contribution in [0.5, 0.6) is 0 Å². The number of hydrogen-bond donors (Lipinski definition) is 2. The lowest BCUT2D eigenvalue weighted by atomic mass is 10.3. The van der Waals surface area contributed by atoms with Gasteiger partial charge in [0.15, 0.2) is 0 Å². The first-order chi connectivity index (χ1) is 9.74. The van der Waals surface area contributed by atoms with Crippen molar-refractivity contribution in [3.63, 3.8) is 0 Å². The molecular formula is C14H12N4O2. The molecule has 0 bridgehead atoms. The average Bonchev–Trinajstić information content (AvgIpc) is 2.47. The molecule has 4 amide bonds. The highest BCUT2D eigenvalue weighted by molar-refractivity contribution is 5.93. The molecule has 0 saturated carbocycles. The van der Waals surface area contributed by atoms with Crippen LogP contribution in [0.3, 0.4) is 0 Å². The molecule has 0 aliphatic rings. The second-order valence-electron chi connectivity index (χ2n) is 3.79. The van der Waals surface area contributed by atoms with Crippen LogP contribution in [0.1, 0.15) is 0 Å². The first-order valence-electron chi connectivity index (χ1n) is 5.88. The van der Waals surface area contributed by atoms with E-state index in [1.165, 1.54) is 0 Å². The fourth-order valence-corrected chi connectivity index (χ4v) is 1.43. The van der Waals surface area contributed by atoms with Gasteiger partial charge in [-0.2, -0.15) is 0 Å². The van der Waals surface area contributed by atoms with Crippen LogP contribution in [0, 0.1) is 0 Å². The number of urea groups is 2. The predicted molar refractivity (Wildman–Crippen MR) is 75.8 cm³/mol. The summed E-state index contributed by atoms with van der Waals surface area (Å²) < 4.78 is 0. The van der Waals surface area contributed by atoms with Crippen LogP contribution < -0.4 is 10.6 Å². The maximum Gasteiger partial charge on any atom is 0.364 e. The monoisotopic (exact) mass is 268 g/mol. The fourth-order valence-electron chi connectivity index (χ4n) is 1.43. The van der Waals surface area contributed by atoms with Gasteiger partial charge in [0.25, 0.3) is 0 Å². The smallest absolute Gasteiger partial charge is 0.305 e. The third-order valence-corrected chi connectivity index (χ3v) is 2.28. The van der Waals surface area contributed by atoms with E-state index in [0.29, 0.717) is 11.4 Å². The van der Waals surface area contributed by atoms with Gasteiger partial charge in [-0.25, -0.2) is 9.59 Å². The Labute approximate surface area is 115 Å². The lowest BCUT2D eigenvalue weighted by Crippen LogP contribution is -2.09.